The van der Waals surface area contributed by atoms with E-state index in [-0.39, 0.29) is 0 Å². The molecule has 0 aliphatic carbocycles. The lowest BCUT2D eigenvalue weighted by Crippen LogP contribution is -2.01. The van der Waals surface area contributed by atoms with Crippen LogP contribution in [-0.2, 0) is 0 Å². The highest BCUT2D eigenvalue weighted by Crippen LogP contribution is 2.14. The number of ether oxygens (including phenoxy) is 1. The first-order valence-corrected chi connectivity index (χ1v) is 6.82. The van der Waals surface area contributed by atoms with Crippen LogP contribution >= 0.6 is 11.8 Å². The van der Waals surface area contributed by atoms with Crippen molar-refractivity contribution in [3.05, 3.63) is 47.8 Å². The lowest BCUT2D eigenvalue weighted by molar-refractivity contribution is 0.344. The standard InChI is InChI=1S/C14H13N3OS/c1-11-6-7-16-14(17-11)19-9-8-18-13-4-2-12(10-15)3-5-13/h2-7H,8-9H2,1H3. The molecule has 96 valence electrons. The summed E-state index contributed by atoms with van der Waals surface area (Å²) in [6, 6.07) is 11.0. The molecule has 0 bridgehead atoms. The predicted molar refractivity (Wildman–Crippen MR) is 74.1 cm³/mol. The highest BCUT2D eigenvalue weighted by molar-refractivity contribution is 7.99. The van der Waals surface area contributed by atoms with Gasteiger partial charge in [-0.25, -0.2) is 9.97 Å². The third kappa shape index (κ3) is 4.27. The molecule has 0 spiro atoms. The van der Waals surface area contributed by atoms with Gasteiger partial charge >= 0.3 is 0 Å². The van der Waals surface area contributed by atoms with Gasteiger partial charge in [-0.15, -0.1) is 0 Å². The van der Waals surface area contributed by atoms with Gasteiger partial charge in [0.1, 0.15) is 5.75 Å². The molecule has 0 unspecified atom stereocenters. The van der Waals surface area contributed by atoms with Crippen LogP contribution in [0, 0.1) is 18.3 Å². The Labute approximate surface area is 116 Å². The second-order valence-electron chi connectivity index (χ2n) is 3.81. The molecule has 4 nitrogen and oxygen atoms in total. The average Bonchev–Trinajstić information content (AvgIpc) is 2.44. The van der Waals surface area contributed by atoms with Crippen LogP contribution < -0.4 is 4.74 Å². The largest absolute Gasteiger partial charge is 0.493 e. The van der Waals surface area contributed by atoms with Crippen LogP contribution in [0.1, 0.15) is 11.3 Å². The summed E-state index contributed by atoms with van der Waals surface area (Å²) in [6.45, 7) is 2.52. The topological polar surface area (TPSA) is 58.8 Å². The van der Waals surface area contributed by atoms with Crippen LogP contribution in [-0.4, -0.2) is 22.3 Å². The molecule has 5 heteroatoms. The minimum atomic E-state index is 0.577. The van der Waals surface area contributed by atoms with Gasteiger partial charge in [-0.05, 0) is 37.3 Å². The molecule has 1 aromatic carbocycles. The molecule has 0 N–H and O–H groups in total. The second-order valence-corrected chi connectivity index (χ2v) is 4.88. The highest BCUT2D eigenvalue weighted by Gasteiger charge is 1.99. The SMILES string of the molecule is Cc1ccnc(SCCOc2ccc(C#N)cc2)n1. The Kier molecular flexibility index (Phi) is 4.76. The Hall–Kier alpha value is -2.06. The summed E-state index contributed by atoms with van der Waals surface area (Å²) >= 11 is 1.56. The van der Waals surface area contributed by atoms with E-state index in [1.165, 1.54) is 0 Å². The molecular weight excluding hydrogens is 258 g/mol. The van der Waals surface area contributed by atoms with Crippen molar-refractivity contribution >= 4 is 11.8 Å². The maximum absolute atomic E-state index is 8.68. The fraction of sp³-hybridized carbons (Fsp3) is 0.214. The van der Waals surface area contributed by atoms with E-state index in [1.807, 2.05) is 13.0 Å². The molecule has 0 saturated carbocycles. The van der Waals surface area contributed by atoms with Gasteiger partial charge in [-0.2, -0.15) is 5.26 Å². The molecule has 2 rings (SSSR count). The molecule has 0 radical (unpaired) electrons. The van der Waals surface area contributed by atoms with E-state index in [1.54, 1.807) is 42.2 Å². The molecule has 0 saturated heterocycles. The Morgan fingerprint density at radius 1 is 1.26 bits per heavy atom. The van der Waals surface area contributed by atoms with Crippen molar-refractivity contribution in [2.75, 3.05) is 12.4 Å². The molecule has 0 aliphatic heterocycles. The molecule has 0 aliphatic rings. The minimum absolute atomic E-state index is 0.577. The smallest absolute Gasteiger partial charge is 0.187 e. The quantitative estimate of drug-likeness (QED) is 0.475. The molecule has 1 aromatic heterocycles. The van der Waals surface area contributed by atoms with Crippen molar-refractivity contribution in [2.24, 2.45) is 0 Å². The normalized spacial score (nSPS) is 9.89. The Bertz CT molecular complexity index is 578. The van der Waals surface area contributed by atoms with Gasteiger partial charge in [0.25, 0.3) is 0 Å². The Balaban J connectivity index is 1.76. The summed E-state index contributed by atoms with van der Waals surface area (Å²) < 4.78 is 5.57. The molecule has 0 fully saturated rings. The third-order valence-corrected chi connectivity index (χ3v) is 3.17. The van der Waals surface area contributed by atoms with E-state index >= 15 is 0 Å². The lowest BCUT2D eigenvalue weighted by Gasteiger charge is -2.05. The fourth-order valence-electron chi connectivity index (χ4n) is 1.41. The first kappa shape index (κ1) is 13.4. The van der Waals surface area contributed by atoms with Gasteiger partial charge in [0, 0.05) is 17.6 Å². The van der Waals surface area contributed by atoms with Crippen molar-refractivity contribution in [1.82, 2.24) is 9.97 Å². The van der Waals surface area contributed by atoms with E-state index in [0.29, 0.717) is 12.2 Å². The first-order chi connectivity index (χ1) is 9.28. The van der Waals surface area contributed by atoms with Gasteiger partial charge in [-0.1, -0.05) is 11.8 Å². The second kappa shape index (κ2) is 6.76. The number of aromatic nitrogens is 2. The van der Waals surface area contributed by atoms with Crippen LogP contribution in [0.15, 0.2) is 41.7 Å². The van der Waals surface area contributed by atoms with Gasteiger partial charge in [0.2, 0.25) is 0 Å². The summed E-state index contributed by atoms with van der Waals surface area (Å²) in [4.78, 5) is 8.47. The lowest BCUT2D eigenvalue weighted by atomic mass is 10.2. The zero-order valence-corrected chi connectivity index (χ0v) is 11.4. The van der Waals surface area contributed by atoms with Crippen molar-refractivity contribution in [1.29, 1.82) is 5.26 Å². The average molecular weight is 271 g/mol. The maximum Gasteiger partial charge on any atom is 0.187 e. The van der Waals surface area contributed by atoms with Crippen LogP contribution in [0.2, 0.25) is 0 Å². The van der Waals surface area contributed by atoms with Crippen molar-refractivity contribution in [3.8, 4) is 11.8 Å². The number of hydrogen-bond donors (Lipinski definition) is 0. The third-order valence-electron chi connectivity index (χ3n) is 2.34. The molecule has 2 aromatic rings. The predicted octanol–water partition coefficient (Wildman–Crippen LogP) is 2.83. The number of thioether (sulfide) groups is 1. The minimum Gasteiger partial charge on any atom is -0.493 e. The number of aryl methyl sites for hydroxylation is 1. The van der Waals surface area contributed by atoms with Crippen LogP contribution in [0.4, 0.5) is 0 Å². The van der Waals surface area contributed by atoms with E-state index in [2.05, 4.69) is 16.0 Å². The molecule has 0 amide bonds. The highest BCUT2D eigenvalue weighted by atomic mass is 32.2. The van der Waals surface area contributed by atoms with E-state index in [4.69, 9.17) is 10.00 Å². The zero-order chi connectivity index (χ0) is 13.5. The van der Waals surface area contributed by atoms with E-state index in [0.717, 1.165) is 22.4 Å². The molecule has 1 heterocycles. The zero-order valence-electron chi connectivity index (χ0n) is 10.5. The number of benzene rings is 1. The molecule has 19 heavy (non-hydrogen) atoms. The number of hydrogen-bond acceptors (Lipinski definition) is 5. The molecular formula is C14H13N3OS. The summed E-state index contributed by atoms with van der Waals surface area (Å²) in [5, 5.41) is 9.45. The van der Waals surface area contributed by atoms with E-state index in [9.17, 15) is 0 Å². The summed E-state index contributed by atoms with van der Waals surface area (Å²) in [7, 11) is 0. The Morgan fingerprint density at radius 2 is 2.05 bits per heavy atom. The summed E-state index contributed by atoms with van der Waals surface area (Å²) in [6.07, 6.45) is 1.76. The van der Waals surface area contributed by atoms with Crippen LogP contribution in [0.25, 0.3) is 0 Å². The number of nitrogens with zero attached hydrogens (tertiary/aromatic N) is 3. The summed E-state index contributed by atoms with van der Waals surface area (Å²) in [5.74, 6) is 1.55. The number of rotatable bonds is 5. The van der Waals surface area contributed by atoms with Crippen molar-refractivity contribution in [2.45, 2.75) is 12.1 Å². The van der Waals surface area contributed by atoms with Gasteiger partial charge < -0.3 is 4.74 Å². The maximum atomic E-state index is 8.68. The monoisotopic (exact) mass is 271 g/mol. The van der Waals surface area contributed by atoms with Crippen LogP contribution in [0.5, 0.6) is 5.75 Å². The van der Waals surface area contributed by atoms with Gasteiger partial charge in [0.05, 0.1) is 18.2 Å². The van der Waals surface area contributed by atoms with Crippen molar-refractivity contribution in [3.63, 3.8) is 0 Å². The van der Waals surface area contributed by atoms with Crippen LogP contribution in [0.3, 0.4) is 0 Å². The molecule has 0 atom stereocenters. The number of nitriles is 1. The first-order valence-electron chi connectivity index (χ1n) is 5.83. The Morgan fingerprint density at radius 3 is 2.74 bits per heavy atom. The van der Waals surface area contributed by atoms with Crippen molar-refractivity contribution < 1.29 is 4.74 Å². The van der Waals surface area contributed by atoms with Gasteiger partial charge in [0.15, 0.2) is 5.16 Å². The van der Waals surface area contributed by atoms with E-state index < -0.39 is 0 Å². The van der Waals surface area contributed by atoms with Gasteiger partial charge in [-0.3, -0.25) is 0 Å². The summed E-state index contributed by atoms with van der Waals surface area (Å²) in [5.41, 5.74) is 1.60. The fourth-order valence-corrected chi connectivity index (χ4v) is 2.11.